The normalized spacial score (nSPS) is 12.3. The second-order valence-electron chi connectivity index (χ2n) is 6.43. The zero-order valence-corrected chi connectivity index (χ0v) is 14.7. The topological polar surface area (TPSA) is 8.81 Å². The van der Waals surface area contributed by atoms with Gasteiger partial charge in [0.15, 0.2) is 12.6 Å². The van der Waals surface area contributed by atoms with Crippen molar-refractivity contribution in [2.24, 2.45) is 0 Å². The largest absolute Gasteiger partial charge is 0.435 e. The molecular weight excluding hydrogens is 247 g/mol. The Morgan fingerprint density at radius 3 is 2.37 bits per heavy atom. The molecule has 0 atom stereocenters. The first-order valence-corrected chi connectivity index (χ1v) is 10.8. The summed E-state index contributed by atoms with van der Waals surface area (Å²) in [4.78, 5) is 0. The van der Waals surface area contributed by atoms with Crippen molar-refractivity contribution in [1.82, 2.24) is 4.57 Å². The maximum Gasteiger partial charge on any atom is 0.196 e. The van der Waals surface area contributed by atoms with Crippen molar-refractivity contribution < 1.29 is 4.48 Å². The molecule has 0 aliphatic heterocycles. The molecule has 0 amide bonds. The highest BCUT2D eigenvalue weighted by Gasteiger charge is 2.29. The van der Waals surface area contributed by atoms with Crippen LogP contribution in [0.25, 0.3) is 0 Å². The summed E-state index contributed by atoms with van der Waals surface area (Å²) in [5.74, 6) is 0. The molecule has 1 radical (unpaired) electrons. The maximum absolute atomic E-state index is 2.56. The average molecular weight is 279 g/mol. The van der Waals surface area contributed by atoms with Crippen LogP contribution in [0.3, 0.4) is 0 Å². The third kappa shape index (κ3) is 4.52. The zero-order chi connectivity index (χ0) is 14.3. The lowest BCUT2D eigenvalue weighted by Gasteiger charge is -2.34. The molecule has 19 heavy (non-hydrogen) atoms. The van der Waals surface area contributed by atoms with Gasteiger partial charge < -0.3 is 4.48 Å². The predicted molar refractivity (Wildman–Crippen MR) is 88.7 cm³/mol. The third-order valence-corrected chi connectivity index (χ3v) is 6.10. The highest BCUT2D eigenvalue weighted by atomic mass is 28.3. The van der Waals surface area contributed by atoms with Crippen LogP contribution in [0.15, 0.2) is 18.7 Å². The molecule has 109 valence electrons. The molecule has 0 saturated carbocycles. The summed E-state index contributed by atoms with van der Waals surface area (Å²) in [5, 5.41) is 0. The van der Waals surface area contributed by atoms with Gasteiger partial charge in [-0.1, -0.05) is 46.3 Å². The molecule has 0 spiro atoms. The molecule has 0 bridgehead atoms. The summed E-state index contributed by atoms with van der Waals surface area (Å²) in [7, 11) is -0.106. The Morgan fingerprint density at radius 1 is 1.16 bits per heavy atom. The van der Waals surface area contributed by atoms with Crippen molar-refractivity contribution in [2.45, 2.75) is 78.3 Å². The quantitative estimate of drug-likeness (QED) is 0.600. The third-order valence-electron chi connectivity index (χ3n) is 4.82. The van der Waals surface area contributed by atoms with Crippen molar-refractivity contribution in [3.05, 3.63) is 18.7 Å². The second-order valence-corrected chi connectivity index (χ2v) is 9.34. The molecular formula is C15H32BN2Si. The van der Waals surface area contributed by atoms with Crippen LogP contribution in [0.2, 0.25) is 38.1 Å². The van der Waals surface area contributed by atoms with Gasteiger partial charge in [0.05, 0.1) is 12.7 Å². The van der Waals surface area contributed by atoms with Crippen LogP contribution in [0, 0.1) is 0 Å². The fourth-order valence-corrected chi connectivity index (χ4v) is 4.15. The SMILES string of the molecule is CCCCn1cc[n+]([B-](CC)(CC)CC[Si](C)C)c1. The minimum absolute atomic E-state index is 0.106. The van der Waals surface area contributed by atoms with Crippen molar-refractivity contribution >= 4 is 15.1 Å². The molecule has 0 N–H and O–H groups in total. The molecule has 1 aromatic rings. The van der Waals surface area contributed by atoms with Gasteiger partial charge in [-0.25, -0.2) is 4.57 Å². The number of imidazole rings is 1. The van der Waals surface area contributed by atoms with E-state index in [1.165, 1.54) is 44.4 Å². The fraction of sp³-hybridized carbons (Fsp3) is 0.800. The fourth-order valence-electron chi connectivity index (χ4n) is 3.03. The van der Waals surface area contributed by atoms with Crippen LogP contribution >= 0.6 is 0 Å². The summed E-state index contributed by atoms with van der Waals surface area (Å²) in [6, 6.07) is 1.44. The Bertz CT molecular complexity index is 359. The van der Waals surface area contributed by atoms with E-state index in [1.807, 2.05) is 0 Å². The van der Waals surface area contributed by atoms with E-state index in [1.54, 1.807) is 0 Å². The lowest BCUT2D eigenvalue weighted by atomic mass is 9.30. The standard InChI is InChI=1S/C15H32BN2Si/c1-6-9-11-17-12-13-18(15-17)16(7-2,8-3)10-14-19(4)5/h12-13,15H,6-11,14H2,1-5H3. The highest BCUT2D eigenvalue weighted by molar-refractivity contribution is 6.73. The van der Waals surface area contributed by atoms with Crippen molar-refractivity contribution in [2.75, 3.05) is 0 Å². The Labute approximate surface area is 121 Å². The molecule has 1 heterocycles. The Morgan fingerprint density at radius 2 is 1.84 bits per heavy atom. The van der Waals surface area contributed by atoms with E-state index in [9.17, 15) is 0 Å². The van der Waals surface area contributed by atoms with Crippen LogP contribution in [0.4, 0.5) is 0 Å². The van der Waals surface area contributed by atoms with Gasteiger partial charge in [-0.05, 0) is 6.42 Å². The lowest BCUT2D eigenvalue weighted by Crippen LogP contribution is -2.62. The molecule has 0 saturated heterocycles. The van der Waals surface area contributed by atoms with Gasteiger partial charge in [0, 0.05) is 8.80 Å². The summed E-state index contributed by atoms with van der Waals surface area (Å²) < 4.78 is 4.93. The first-order valence-electron chi connectivity index (χ1n) is 8.14. The van der Waals surface area contributed by atoms with E-state index in [0.717, 1.165) is 0 Å². The number of aromatic nitrogens is 2. The Kier molecular flexibility index (Phi) is 6.91. The van der Waals surface area contributed by atoms with E-state index >= 15 is 0 Å². The summed E-state index contributed by atoms with van der Waals surface area (Å²) in [5.41, 5.74) is 0. The molecule has 1 aromatic heterocycles. The Balaban J connectivity index is 2.82. The van der Waals surface area contributed by atoms with E-state index in [4.69, 9.17) is 0 Å². The molecule has 0 fully saturated rings. The summed E-state index contributed by atoms with van der Waals surface area (Å²) >= 11 is 0. The maximum atomic E-state index is 2.56. The highest BCUT2D eigenvalue weighted by Crippen LogP contribution is 2.20. The van der Waals surface area contributed by atoms with E-state index in [-0.39, 0.29) is 15.1 Å². The number of nitrogens with zero attached hydrogens (tertiary/aromatic N) is 2. The first-order chi connectivity index (χ1) is 9.07. The summed E-state index contributed by atoms with van der Waals surface area (Å²) in [6.45, 7) is 13.0. The minimum Gasteiger partial charge on any atom is -0.435 e. The smallest absolute Gasteiger partial charge is 0.196 e. The predicted octanol–water partition coefficient (Wildman–Crippen LogP) is 4.16. The Hall–Kier alpha value is -0.508. The minimum atomic E-state index is -0.385. The zero-order valence-electron chi connectivity index (χ0n) is 13.7. The molecule has 0 unspecified atom stereocenters. The molecule has 1 rings (SSSR count). The van der Waals surface area contributed by atoms with Gasteiger partial charge in [0.1, 0.15) is 6.20 Å². The van der Waals surface area contributed by atoms with Crippen LogP contribution < -0.4 is 4.48 Å². The van der Waals surface area contributed by atoms with Gasteiger partial charge in [-0.3, -0.25) is 0 Å². The van der Waals surface area contributed by atoms with Gasteiger partial charge in [-0.2, -0.15) is 0 Å². The van der Waals surface area contributed by atoms with Gasteiger partial charge in [0.25, 0.3) is 0 Å². The first kappa shape index (κ1) is 16.5. The van der Waals surface area contributed by atoms with E-state index < -0.39 is 0 Å². The van der Waals surface area contributed by atoms with Crippen LogP contribution in [-0.4, -0.2) is 19.6 Å². The monoisotopic (exact) mass is 279 g/mol. The van der Waals surface area contributed by atoms with Crippen LogP contribution in [-0.2, 0) is 6.54 Å². The second kappa shape index (κ2) is 7.93. The number of unbranched alkanes of at least 4 members (excludes halogenated alkanes) is 1. The lowest BCUT2D eigenvalue weighted by molar-refractivity contribution is -0.548. The van der Waals surface area contributed by atoms with Gasteiger partial charge in [0.2, 0.25) is 0 Å². The molecule has 2 nitrogen and oxygen atoms in total. The average Bonchev–Trinajstić information content (AvgIpc) is 2.87. The number of aryl methyl sites for hydroxylation is 1. The summed E-state index contributed by atoms with van der Waals surface area (Å²) in [6.07, 6.45) is 13.1. The molecule has 0 aliphatic rings. The molecule has 0 aromatic carbocycles. The van der Waals surface area contributed by atoms with Crippen LogP contribution in [0.5, 0.6) is 0 Å². The number of hydrogen-bond acceptors (Lipinski definition) is 0. The molecule has 4 heteroatoms. The molecule has 0 aliphatic carbocycles. The van der Waals surface area contributed by atoms with Crippen molar-refractivity contribution in [3.8, 4) is 0 Å². The van der Waals surface area contributed by atoms with Crippen LogP contribution in [0.1, 0.15) is 33.6 Å². The van der Waals surface area contributed by atoms with Crippen molar-refractivity contribution in [1.29, 1.82) is 0 Å². The number of rotatable bonds is 9. The van der Waals surface area contributed by atoms with E-state index in [2.05, 4.69) is 61.6 Å². The van der Waals surface area contributed by atoms with Crippen molar-refractivity contribution in [3.63, 3.8) is 0 Å². The number of hydrogen-bond donors (Lipinski definition) is 0. The van der Waals surface area contributed by atoms with Gasteiger partial charge in [-0.15, -0.1) is 19.0 Å². The van der Waals surface area contributed by atoms with E-state index in [0.29, 0.717) is 0 Å². The van der Waals surface area contributed by atoms with Gasteiger partial charge >= 0.3 is 0 Å².